The minimum absolute atomic E-state index is 0.299. The molecule has 2 fully saturated rings. The van der Waals surface area contributed by atoms with Crippen LogP contribution in [0.1, 0.15) is 59.3 Å². The molecule has 6 heteroatoms. The molecule has 128 valence electrons. The highest BCUT2D eigenvalue weighted by Gasteiger charge is 2.78. The average Bonchev–Trinajstić information content (AvgIpc) is 2.73. The number of unbranched alkanes of at least 4 members (excludes halogenated alkanes) is 2. The first-order chi connectivity index (χ1) is 11.4. The third-order valence-electron chi connectivity index (χ3n) is 5.48. The minimum atomic E-state index is -1.72. The van der Waals surface area contributed by atoms with E-state index in [0.29, 0.717) is 12.8 Å². The van der Waals surface area contributed by atoms with E-state index in [-0.39, 0.29) is 5.90 Å². The Morgan fingerprint density at radius 3 is 2.21 bits per heavy atom. The second kappa shape index (κ2) is 6.42. The van der Waals surface area contributed by atoms with Crippen molar-refractivity contribution in [2.45, 2.75) is 71.2 Å². The van der Waals surface area contributed by atoms with Gasteiger partial charge in [0.25, 0.3) is 0 Å². The van der Waals surface area contributed by atoms with Crippen molar-refractivity contribution < 1.29 is 9.47 Å². The van der Waals surface area contributed by atoms with Crippen LogP contribution in [-0.4, -0.2) is 17.8 Å². The van der Waals surface area contributed by atoms with Gasteiger partial charge in [-0.05, 0) is 12.8 Å². The summed E-state index contributed by atoms with van der Waals surface area (Å²) < 4.78 is 11.8. The van der Waals surface area contributed by atoms with Crippen LogP contribution in [0.25, 0.3) is 0 Å². The zero-order chi connectivity index (χ0) is 18.0. The zero-order valence-electron chi connectivity index (χ0n) is 14.6. The van der Waals surface area contributed by atoms with Crippen LogP contribution in [0, 0.1) is 56.2 Å². The number of nitrogens with one attached hydrogen (secondary N) is 1. The fourth-order valence-electron chi connectivity index (χ4n) is 4.28. The van der Waals surface area contributed by atoms with E-state index in [2.05, 4.69) is 25.1 Å². The Labute approximate surface area is 143 Å². The van der Waals surface area contributed by atoms with Gasteiger partial charge >= 0.3 is 0 Å². The third-order valence-corrected chi connectivity index (χ3v) is 5.48. The fraction of sp³-hybridized carbons (Fsp3) is 0.778. The molecule has 4 atom stereocenters. The maximum absolute atomic E-state index is 10.0. The summed E-state index contributed by atoms with van der Waals surface area (Å²) >= 11 is 0. The summed E-state index contributed by atoms with van der Waals surface area (Å²) in [5.41, 5.74) is -3.29. The van der Waals surface area contributed by atoms with Crippen LogP contribution in [0.4, 0.5) is 0 Å². The van der Waals surface area contributed by atoms with Crippen molar-refractivity contribution in [3.8, 4) is 18.2 Å². The second-order valence-electron chi connectivity index (χ2n) is 6.84. The van der Waals surface area contributed by atoms with Gasteiger partial charge in [-0.3, -0.25) is 5.41 Å². The van der Waals surface area contributed by atoms with Crippen molar-refractivity contribution >= 4 is 5.90 Å². The van der Waals surface area contributed by atoms with Gasteiger partial charge in [0.2, 0.25) is 11.7 Å². The summed E-state index contributed by atoms with van der Waals surface area (Å²) in [5.74, 6) is -1.93. The van der Waals surface area contributed by atoms with Crippen LogP contribution >= 0.6 is 0 Å². The summed E-state index contributed by atoms with van der Waals surface area (Å²) in [6.45, 7) is 5.76. The van der Waals surface area contributed by atoms with Gasteiger partial charge in [-0.1, -0.05) is 39.5 Å². The molecule has 0 aliphatic carbocycles. The number of fused-ring (bicyclic) bond motifs is 2. The quantitative estimate of drug-likeness (QED) is 0.747. The molecule has 0 aromatic heterocycles. The highest BCUT2D eigenvalue weighted by atomic mass is 16.7. The van der Waals surface area contributed by atoms with Gasteiger partial charge in [-0.2, -0.15) is 15.8 Å². The Hall–Kier alpha value is -2.10. The summed E-state index contributed by atoms with van der Waals surface area (Å²) in [4.78, 5) is 0. The summed E-state index contributed by atoms with van der Waals surface area (Å²) in [6.07, 6.45) is 3.83. The molecule has 2 aliphatic rings. The fourth-order valence-corrected chi connectivity index (χ4v) is 4.28. The molecule has 0 aromatic carbocycles. The van der Waals surface area contributed by atoms with E-state index in [1.807, 2.05) is 6.92 Å². The second-order valence-corrected chi connectivity index (χ2v) is 6.84. The van der Waals surface area contributed by atoms with Crippen LogP contribution in [0.15, 0.2) is 0 Å². The number of ether oxygens (including phenoxy) is 2. The standard InChI is InChI=1S/C18H24N4O2/c1-4-6-7-9-14-17(10-19,11-20)18(12-21)13(8-5-2)16(3,23-14)24-15(18)22/h13-14,22H,4-9H2,1-3H3. The predicted octanol–water partition coefficient (Wildman–Crippen LogP) is 3.65. The van der Waals surface area contributed by atoms with Gasteiger partial charge in [-0.15, -0.1) is 0 Å². The lowest BCUT2D eigenvalue weighted by molar-refractivity contribution is -0.272. The van der Waals surface area contributed by atoms with E-state index in [4.69, 9.17) is 14.9 Å². The van der Waals surface area contributed by atoms with Crippen LogP contribution in [-0.2, 0) is 9.47 Å². The number of hydrogen-bond donors (Lipinski definition) is 1. The largest absolute Gasteiger partial charge is 0.448 e. The lowest BCUT2D eigenvalue weighted by Gasteiger charge is -2.48. The van der Waals surface area contributed by atoms with Crippen molar-refractivity contribution in [2.75, 3.05) is 0 Å². The normalized spacial score (nSPS) is 36.2. The lowest BCUT2D eigenvalue weighted by atomic mass is 9.53. The monoisotopic (exact) mass is 328 g/mol. The maximum atomic E-state index is 10.0. The van der Waals surface area contributed by atoms with Crippen LogP contribution in [0.2, 0.25) is 0 Å². The van der Waals surface area contributed by atoms with Crippen molar-refractivity contribution in [3.05, 3.63) is 0 Å². The molecule has 2 heterocycles. The molecule has 0 radical (unpaired) electrons. The van der Waals surface area contributed by atoms with E-state index in [9.17, 15) is 15.8 Å². The first-order valence-electron chi connectivity index (χ1n) is 8.62. The molecule has 2 aliphatic heterocycles. The molecule has 0 spiro atoms. The smallest absolute Gasteiger partial charge is 0.214 e. The molecule has 24 heavy (non-hydrogen) atoms. The molecule has 4 unspecified atom stereocenters. The molecule has 0 amide bonds. The van der Waals surface area contributed by atoms with Gasteiger partial charge in [0.1, 0.15) is 0 Å². The molecule has 2 saturated heterocycles. The minimum Gasteiger partial charge on any atom is -0.448 e. The maximum Gasteiger partial charge on any atom is 0.214 e. The van der Waals surface area contributed by atoms with Gasteiger partial charge in [0.15, 0.2) is 10.8 Å². The molecule has 2 rings (SSSR count). The highest BCUT2D eigenvalue weighted by molar-refractivity contribution is 5.89. The average molecular weight is 328 g/mol. The first kappa shape index (κ1) is 18.2. The molecular formula is C18H24N4O2. The van der Waals surface area contributed by atoms with E-state index < -0.39 is 28.6 Å². The Morgan fingerprint density at radius 2 is 1.71 bits per heavy atom. The van der Waals surface area contributed by atoms with Gasteiger partial charge in [0.05, 0.1) is 30.2 Å². The van der Waals surface area contributed by atoms with E-state index in [0.717, 1.165) is 25.7 Å². The van der Waals surface area contributed by atoms with Crippen molar-refractivity contribution in [2.24, 2.45) is 16.7 Å². The van der Waals surface area contributed by atoms with Gasteiger partial charge in [-0.25, -0.2) is 0 Å². The molecule has 2 bridgehead atoms. The van der Waals surface area contributed by atoms with Gasteiger partial charge < -0.3 is 9.47 Å². The van der Waals surface area contributed by atoms with Crippen LogP contribution in [0.5, 0.6) is 0 Å². The number of rotatable bonds is 6. The molecule has 0 aromatic rings. The molecule has 0 saturated carbocycles. The zero-order valence-corrected chi connectivity index (χ0v) is 14.6. The van der Waals surface area contributed by atoms with E-state index in [1.165, 1.54) is 0 Å². The third kappa shape index (κ3) is 2.12. The summed E-state index contributed by atoms with van der Waals surface area (Å²) in [7, 11) is 0. The number of nitrogens with zero attached hydrogens (tertiary/aromatic N) is 3. The Morgan fingerprint density at radius 1 is 1.04 bits per heavy atom. The number of hydrogen-bond acceptors (Lipinski definition) is 6. The highest BCUT2D eigenvalue weighted by Crippen LogP contribution is 2.64. The van der Waals surface area contributed by atoms with E-state index in [1.54, 1.807) is 6.92 Å². The van der Waals surface area contributed by atoms with Crippen molar-refractivity contribution in [1.82, 2.24) is 0 Å². The van der Waals surface area contributed by atoms with Crippen LogP contribution < -0.4 is 0 Å². The molecule has 1 N–H and O–H groups in total. The Balaban J connectivity index is 2.60. The number of nitriles is 3. The van der Waals surface area contributed by atoms with Gasteiger partial charge in [0, 0.05) is 6.92 Å². The van der Waals surface area contributed by atoms with Crippen LogP contribution in [0.3, 0.4) is 0 Å². The Kier molecular flexibility index (Phi) is 4.88. The summed E-state index contributed by atoms with van der Waals surface area (Å²) in [5, 5.41) is 38.1. The summed E-state index contributed by atoms with van der Waals surface area (Å²) in [6, 6.07) is 6.30. The molecular weight excluding hydrogens is 304 g/mol. The van der Waals surface area contributed by atoms with Crippen molar-refractivity contribution in [3.63, 3.8) is 0 Å². The Bertz CT molecular complexity index is 627. The molecule has 6 nitrogen and oxygen atoms in total. The lowest BCUT2D eigenvalue weighted by Crippen LogP contribution is -2.61. The predicted molar refractivity (Wildman–Crippen MR) is 86.3 cm³/mol. The first-order valence-corrected chi connectivity index (χ1v) is 8.62. The van der Waals surface area contributed by atoms with E-state index >= 15 is 0 Å². The topological polar surface area (TPSA) is 114 Å². The van der Waals surface area contributed by atoms with Crippen molar-refractivity contribution in [1.29, 1.82) is 21.2 Å². The SMILES string of the molecule is CCCCCC1OC2(C)OC(=N)C(C#N)(C2CCC)C1(C#N)C#N.